The lowest BCUT2D eigenvalue weighted by atomic mass is 9.93. The standard InChI is InChI=1S/C30H30FN3O7S/c1-41-24-16-17(9-12-23(24)31)26(33-19-6-4-5-18(15-19)28(32)35)29(36)34-14-13-22(30(37)38)27(34)21-7-2-3-8-25(21)42(39,40)20-10-11-20/h2-9,12,15-16,20,22,26-27,33H,10-11,13-14H2,1H3,(H2,32,35)(H,37,38)/t22-,26?,27-/m0/s1. The number of nitrogens with one attached hydrogen (secondary N) is 1. The van der Waals surface area contributed by atoms with Gasteiger partial charge in [-0.3, -0.25) is 14.4 Å². The van der Waals surface area contributed by atoms with Crippen molar-refractivity contribution in [3.05, 3.63) is 89.2 Å². The molecule has 5 rings (SSSR count). The van der Waals surface area contributed by atoms with Gasteiger partial charge in [0.25, 0.3) is 0 Å². The van der Waals surface area contributed by atoms with Crippen LogP contribution in [-0.2, 0) is 19.4 Å². The zero-order valence-corrected chi connectivity index (χ0v) is 23.5. The van der Waals surface area contributed by atoms with E-state index in [1.165, 1.54) is 42.3 Å². The molecule has 3 aromatic rings. The first-order chi connectivity index (χ1) is 20.0. The van der Waals surface area contributed by atoms with Crippen LogP contribution in [0.1, 0.15) is 52.8 Å². The molecule has 3 aromatic carbocycles. The Morgan fingerprint density at radius 2 is 1.79 bits per heavy atom. The average Bonchev–Trinajstić information content (AvgIpc) is 3.75. The maximum absolute atomic E-state index is 14.4. The summed E-state index contributed by atoms with van der Waals surface area (Å²) in [7, 11) is -2.44. The van der Waals surface area contributed by atoms with Gasteiger partial charge in [-0.15, -0.1) is 0 Å². The first-order valence-corrected chi connectivity index (χ1v) is 14.9. The van der Waals surface area contributed by atoms with Crippen molar-refractivity contribution in [3.8, 4) is 5.75 Å². The molecular formula is C30H30FN3O7S. The quantitative estimate of drug-likeness (QED) is 0.320. The number of carbonyl (C=O) groups is 3. The number of likely N-dealkylation sites (tertiary alicyclic amines) is 1. The lowest BCUT2D eigenvalue weighted by molar-refractivity contribution is -0.143. The van der Waals surface area contributed by atoms with E-state index in [2.05, 4.69) is 5.32 Å². The number of nitrogens with zero attached hydrogens (tertiary/aromatic N) is 1. The number of sulfone groups is 1. The maximum Gasteiger partial charge on any atom is 0.309 e. The van der Waals surface area contributed by atoms with Crippen molar-refractivity contribution in [1.82, 2.24) is 4.90 Å². The average molecular weight is 596 g/mol. The molecule has 2 amide bonds. The fourth-order valence-corrected chi connectivity index (χ4v) is 7.36. The van der Waals surface area contributed by atoms with Crippen molar-refractivity contribution in [2.45, 2.75) is 41.5 Å². The van der Waals surface area contributed by atoms with Crippen LogP contribution in [0, 0.1) is 11.7 Å². The number of hydrogen-bond donors (Lipinski definition) is 3. The zero-order valence-electron chi connectivity index (χ0n) is 22.7. The minimum Gasteiger partial charge on any atom is -0.494 e. The monoisotopic (exact) mass is 595 g/mol. The largest absolute Gasteiger partial charge is 0.494 e. The number of carbonyl (C=O) groups excluding carboxylic acids is 2. The van der Waals surface area contributed by atoms with Gasteiger partial charge in [0.15, 0.2) is 21.4 Å². The second kappa shape index (κ2) is 11.4. The van der Waals surface area contributed by atoms with Crippen molar-refractivity contribution < 1.29 is 37.0 Å². The highest BCUT2D eigenvalue weighted by atomic mass is 32.2. The summed E-state index contributed by atoms with van der Waals surface area (Å²) in [5, 5.41) is 12.7. The van der Waals surface area contributed by atoms with Crippen molar-refractivity contribution in [2.75, 3.05) is 19.0 Å². The molecule has 1 saturated carbocycles. The van der Waals surface area contributed by atoms with Crippen molar-refractivity contribution in [3.63, 3.8) is 0 Å². The molecule has 1 unspecified atom stereocenters. The SMILES string of the molecule is COc1cc(C(Nc2cccc(C(N)=O)c2)C(=O)N2CC[C@H](C(=O)O)[C@@H]2c2ccccc2S(=O)(=O)C2CC2)ccc1F. The van der Waals surface area contributed by atoms with E-state index in [1.54, 1.807) is 30.3 Å². The molecule has 4 N–H and O–H groups in total. The number of aliphatic carboxylic acids is 1. The van der Waals surface area contributed by atoms with Gasteiger partial charge < -0.3 is 25.8 Å². The lowest BCUT2D eigenvalue weighted by Gasteiger charge is -2.32. The highest BCUT2D eigenvalue weighted by molar-refractivity contribution is 7.92. The fraction of sp³-hybridized carbons (Fsp3) is 0.300. The van der Waals surface area contributed by atoms with E-state index in [0.29, 0.717) is 24.1 Å². The van der Waals surface area contributed by atoms with Crippen molar-refractivity contribution in [2.24, 2.45) is 11.7 Å². The van der Waals surface area contributed by atoms with Crippen LogP contribution < -0.4 is 15.8 Å². The number of ether oxygens (including phenoxy) is 1. The first-order valence-electron chi connectivity index (χ1n) is 13.4. The highest BCUT2D eigenvalue weighted by Gasteiger charge is 2.47. The minimum atomic E-state index is -3.73. The summed E-state index contributed by atoms with van der Waals surface area (Å²) >= 11 is 0. The van der Waals surface area contributed by atoms with Gasteiger partial charge in [0.2, 0.25) is 11.8 Å². The lowest BCUT2D eigenvalue weighted by Crippen LogP contribution is -2.40. The minimum absolute atomic E-state index is 0.0190. The molecule has 3 atom stereocenters. The zero-order chi connectivity index (χ0) is 30.2. The third-order valence-corrected chi connectivity index (χ3v) is 10.1. The predicted octanol–water partition coefficient (Wildman–Crippen LogP) is 3.70. The number of amides is 2. The molecule has 2 fully saturated rings. The molecule has 1 saturated heterocycles. The van der Waals surface area contributed by atoms with E-state index < -0.39 is 56.7 Å². The fourth-order valence-electron chi connectivity index (χ4n) is 5.46. The highest BCUT2D eigenvalue weighted by Crippen LogP contribution is 2.44. The van der Waals surface area contributed by atoms with Crippen LogP contribution in [0.2, 0.25) is 0 Å². The van der Waals surface area contributed by atoms with E-state index in [1.807, 2.05) is 0 Å². The summed E-state index contributed by atoms with van der Waals surface area (Å²) in [6.07, 6.45) is 1.14. The third kappa shape index (κ3) is 5.54. The van der Waals surface area contributed by atoms with Crippen LogP contribution in [0.3, 0.4) is 0 Å². The third-order valence-electron chi connectivity index (χ3n) is 7.72. The van der Waals surface area contributed by atoms with Crippen LogP contribution in [0.25, 0.3) is 0 Å². The number of carboxylic acids is 1. The molecule has 1 heterocycles. The van der Waals surface area contributed by atoms with Gasteiger partial charge >= 0.3 is 5.97 Å². The molecule has 0 radical (unpaired) electrons. The van der Waals surface area contributed by atoms with Crippen molar-refractivity contribution >= 4 is 33.3 Å². The normalized spacial score (nSPS) is 19.2. The van der Waals surface area contributed by atoms with Gasteiger partial charge in [0.1, 0.15) is 6.04 Å². The number of methoxy groups -OCH3 is 1. The Balaban J connectivity index is 1.60. The predicted molar refractivity (Wildman–Crippen MR) is 151 cm³/mol. The van der Waals surface area contributed by atoms with E-state index in [0.717, 1.165) is 6.07 Å². The van der Waals surface area contributed by atoms with E-state index in [9.17, 15) is 32.3 Å². The number of halogens is 1. The Morgan fingerprint density at radius 1 is 1.05 bits per heavy atom. The molecule has 42 heavy (non-hydrogen) atoms. The van der Waals surface area contributed by atoms with Gasteiger partial charge in [-0.1, -0.05) is 30.3 Å². The molecule has 1 aliphatic carbocycles. The summed E-state index contributed by atoms with van der Waals surface area (Å²) in [6, 6.07) is 14.0. The van der Waals surface area contributed by atoms with Crippen LogP contribution in [-0.4, -0.2) is 55.1 Å². The van der Waals surface area contributed by atoms with Gasteiger partial charge in [-0.2, -0.15) is 0 Å². The number of benzene rings is 3. The maximum atomic E-state index is 14.4. The Hall–Kier alpha value is -4.45. The second-order valence-corrected chi connectivity index (χ2v) is 12.6. The molecular weight excluding hydrogens is 565 g/mol. The molecule has 0 aromatic heterocycles. The number of rotatable bonds is 10. The molecule has 10 nitrogen and oxygen atoms in total. The van der Waals surface area contributed by atoms with Crippen molar-refractivity contribution in [1.29, 1.82) is 0 Å². The molecule has 0 spiro atoms. The summed E-state index contributed by atoms with van der Waals surface area (Å²) in [5.74, 6) is -4.22. The number of nitrogens with two attached hydrogens (primary N) is 1. The van der Waals surface area contributed by atoms with Crippen LogP contribution in [0.4, 0.5) is 10.1 Å². The van der Waals surface area contributed by atoms with Gasteiger partial charge in [-0.05, 0) is 66.8 Å². The summed E-state index contributed by atoms with van der Waals surface area (Å²) < 4.78 is 46.2. The first kappa shape index (κ1) is 29.1. The number of primary amides is 1. The number of hydrogen-bond acceptors (Lipinski definition) is 7. The number of anilines is 1. The summed E-state index contributed by atoms with van der Waals surface area (Å²) in [6.45, 7) is 0.0378. The topological polar surface area (TPSA) is 156 Å². The molecule has 0 bridgehead atoms. The van der Waals surface area contributed by atoms with E-state index >= 15 is 0 Å². The van der Waals surface area contributed by atoms with Gasteiger partial charge in [0, 0.05) is 17.8 Å². The van der Waals surface area contributed by atoms with Crippen LogP contribution in [0.15, 0.2) is 71.6 Å². The van der Waals surface area contributed by atoms with Crippen LogP contribution in [0.5, 0.6) is 5.75 Å². The van der Waals surface area contributed by atoms with E-state index in [4.69, 9.17) is 10.5 Å². The Kier molecular flexibility index (Phi) is 7.91. The molecule has 1 aliphatic heterocycles. The smallest absolute Gasteiger partial charge is 0.309 e. The molecule has 2 aliphatic rings. The summed E-state index contributed by atoms with van der Waals surface area (Å²) in [4.78, 5) is 40.0. The Labute approximate surface area is 242 Å². The van der Waals surface area contributed by atoms with E-state index in [-0.39, 0.29) is 34.7 Å². The summed E-state index contributed by atoms with van der Waals surface area (Å²) in [5.41, 5.74) is 6.53. The van der Waals surface area contributed by atoms with Crippen LogP contribution >= 0.6 is 0 Å². The molecule has 12 heteroatoms. The van der Waals surface area contributed by atoms with Gasteiger partial charge in [0.05, 0.1) is 29.2 Å². The molecule has 220 valence electrons. The number of carboxylic acid groups (broad SMARTS) is 1. The van der Waals surface area contributed by atoms with Gasteiger partial charge in [-0.25, -0.2) is 12.8 Å². The Morgan fingerprint density at radius 3 is 2.45 bits per heavy atom. The second-order valence-electron chi connectivity index (χ2n) is 10.4. The Bertz CT molecular complexity index is 1660.